The second-order valence-corrected chi connectivity index (χ2v) is 6.49. The van der Waals surface area contributed by atoms with E-state index in [4.69, 9.17) is 11.5 Å². The van der Waals surface area contributed by atoms with Crippen LogP contribution in [-0.4, -0.2) is 47.0 Å². The van der Waals surface area contributed by atoms with Crippen LogP contribution in [0.2, 0.25) is 0 Å². The van der Waals surface area contributed by atoms with Crippen molar-refractivity contribution in [3.05, 3.63) is 0 Å². The molecule has 1 fully saturated rings. The summed E-state index contributed by atoms with van der Waals surface area (Å²) >= 11 is 0. The van der Waals surface area contributed by atoms with Crippen molar-refractivity contribution >= 4 is 23.7 Å². The summed E-state index contributed by atoms with van der Waals surface area (Å²) in [6, 6.07) is -1.42. The lowest BCUT2D eigenvalue weighted by Crippen LogP contribution is -2.54. The first-order chi connectivity index (χ1) is 11.7. The number of guanidine groups is 1. The van der Waals surface area contributed by atoms with E-state index in [2.05, 4.69) is 15.6 Å². The Kier molecular flexibility index (Phi) is 7.66. The van der Waals surface area contributed by atoms with Crippen molar-refractivity contribution < 1.29 is 19.5 Å². The van der Waals surface area contributed by atoms with E-state index in [1.165, 1.54) is 6.92 Å². The Morgan fingerprint density at radius 1 is 1.16 bits per heavy atom. The van der Waals surface area contributed by atoms with Gasteiger partial charge >= 0.3 is 5.97 Å². The Morgan fingerprint density at radius 3 is 2.20 bits per heavy atom. The average Bonchev–Trinajstić information content (AvgIpc) is 2.92. The van der Waals surface area contributed by atoms with Crippen molar-refractivity contribution in [2.75, 3.05) is 0 Å². The Hall–Kier alpha value is -2.32. The number of carbonyl (C=O) groups is 3. The summed E-state index contributed by atoms with van der Waals surface area (Å²) in [5, 5.41) is 14.9. The highest BCUT2D eigenvalue weighted by atomic mass is 16.4. The Bertz CT molecular complexity index is 529. The molecule has 1 aliphatic rings. The number of amides is 2. The highest BCUT2D eigenvalue weighted by Crippen LogP contribution is 2.36. The van der Waals surface area contributed by atoms with Gasteiger partial charge in [0, 0.05) is 18.9 Å². The van der Waals surface area contributed by atoms with Crippen LogP contribution in [0.1, 0.15) is 46.5 Å². The zero-order valence-electron chi connectivity index (χ0n) is 15.0. The van der Waals surface area contributed by atoms with Crippen LogP contribution in [0.15, 0.2) is 4.99 Å². The van der Waals surface area contributed by atoms with Crippen molar-refractivity contribution in [2.24, 2.45) is 28.3 Å². The third-order valence-corrected chi connectivity index (χ3v) is 4.64. The van der Waals surface area contributed by atoms with Gasteiger partial charge in [0.25, 0.3) is 0 Å². The third kappa shape index (κ3) is 5.91. The molecule has 25 heavy (non-hydrogen) atoms. The van der Waals surface area contributed by atoms with E-state index >= 15 is 0 Å². The lowest BCUT2D eigenvalue weighted by atomic mass is 9.92. The van der Waals surface area contributed by atoms with E-state index in [1.54, 1.807) is 0 Å². The topological polar surface area (TPSA) is 160 Å². The number of carboxylic acid groups (broad SMARTS) is 1. The lowest BCUT2D eigenvalue weighted by molar-refractivity contribution is -0.141. The second-order valence-electron chi connectivity index (χ2n) is 6.49. The number of carboxylic acids is 1. The predicted molar refractivity (Wildman–Crippen MR) is 93.6 cm³/mol. The van der Waals surface area contributed by atoms with Gasteiger partial charge in [-0.05, 0) is 25.7 Å². The van der Waals surface area contributed by atoms with Crippen molar-refractivity contribution in [3.63, 3.8) is 0 Å². The molecule has 2 unspecified atom stereocenters. The molecule has 9 nitrogen and oxygen atoms in total. The molecule has 0 aromatic carbocycles. The molecule has 1 aliphatic carbocycles. The van der Waals surface area contributed by atoms with Gasteiger partial charge in [0.2, 0.25) is 11.8 Å². The number of nitrogens with one attached hydrogen (secondary N) is 2. The molecule has 4 atom stereocenters. The van der Waals surface area contributed by atoms with Gasteiger partial charge in [-0.2, -0.15) is 0 Å². The molecule has 7 N–H and O–H groups in total. The highest BCUT2D eigenvalue weighted by molar-refractivity contribution is 5.87. The van der Waals surface area contributed by atoms with Gasteiger partial charge in [-0.25, -0.2) is 4.99 Å². The maximum Gasteiger partial charge on any atom is 0.306 e. The quantitative estimate of drug-likeness (QED) is 0.293. The Labute approximate surface area is 147 Å². The van der Waals surface area contributed by atoms with Crippen molar-refractivity contribution in [1.82, 2.24) is 10.6 Å². The standard InChI is InChI=1S/C16H29N5O4/c1-4-10(5-2)20-14(23)13(19-8(3)22)11-6-9(15(24)25)7-12(11)21-16(17)18/h9-13H,4-7H2,1-3H3,(H,19,22)(H,20,23)(H,24,25)(H4,17,18,21)/t9?,11-,12+,13?/m1/s1. The third-order valence-electron chi connectivity index (χ3n) is 4.64. The summed E-state index contributed by atoms with van der Waals surface area (Å²) < 4.78 is 0. The minimum Gasteiger partial charge on any atom is -0.481 e. The number of nitrogens with zero attached hydrogens (tertiary/aromatic N) is 1. The van der Waals surface area contributed by atoms with Crippen LogP contribution in [0.25, 0.3) is 0 Å². The van der Waals surface area contributed by atoms with E-state index in [-0.39, 0.29) is 36.7 Å². The maximum atomic E-state index is 12.7. The van der Waals surface area contributed by atoms with Crippen LogP contribution >= 0.6 is 0 Å². The molecule has 1 saturated carbocycles. The number of hydrogen-bond acceptors (Lipinski definition) is 4. The van der Waals surface area contributed by atoms with Crippen molar-refractivity contribution in [2.45, 2.75) is 64.6 Å². The first kappa shape index (κ1) is 20.7. The summed E-state index contributed by atoms with van der Waals surface area (Å²) in [7, 11) is 0. The molecule has 0 aromatic heterocycles. The summed E-state index contributed by atoms with van der Waals surface area (Å²) in [6.07, 6.45) is 1.97. The number of aliphatic carboxylic acids is 1. The Morgan fingerprint density at radius 2 is 1.76 bits per heavy atom. The zero-order valence-corrected chi connectivity index (χ0v) is 15.0. The van der Waals surface area contributed by atoms with Crippen LogP contribution in [0.3, 0.4) is 0 Å². The zero-order chi connectivity index (χ0) is 19.1. The Balaban J connectivity index is 3.08. The first-order valence-corrected chi connectivity index (χ1v) is 8.58. The molecule has 142 valence electrons. The molecule has 9 heteroatoms. The van der Waals surface area contributed by atoms with Gasteiger partial charge in [-0.15, -0.1) is 0 Å². The lowest BCUT2D eigenvalue weighted by Gasteiger charge is -2.28. The number of rotatable bonds is 8. The molecule has 0 aliphatic heterocycles. The summed E-state index contributed by atoms with van der Waals surface area (Å²) in [5.74, 6) is -2.97. The summed E-state index contributed by atoms with van der Waals surface area (Å²) in [5.41, 5.74) is 10.9. The second kappa shape index (κ2) is 9.24. The van der Waals surface area contributed by atoms with Crippen LogP contribution in [0, 0.1) is 11.8 Å². The molecular weight excluding hydrogens is 326 g/mol. The van der Waals surface area contributed by atoms with Gasteiger partial charge in [-0.1, -0.05) is 13.8 Å². The normalized spacial score (nSPS) is 23.8. The first-order valence-electron chi connectivity index (χ1n) is 8.58. The molecule has 0 spiro atoms. The van der Waals surface area contributed by atoms with Crippen LogP contribution in [0.4, 0.5) is 0 Å². The predicted octanol–water partition coefficient (Wildman–Crippen LogP) is -0.451. The van der Waals surface area contributed by atoms with Gasteiger partial charge in [0.05, 0.1) is 12.0 Å². The monoisotopic (exact) mass is 355 g/mol. The molecule has 0 radical (unpaired) electrons. The molecular formula is C16H29N5O4. The number of hydrogen-bond donors (Lipinski definition) is 5. The molecule has 0 bridgehead atoms. The van der Waals surface area contributed by atoms with Gasteiger partial charge in [0.15, 0.2) is 5.96 Å². The highest BCUT2D eigenvalue weighted by Gasteiger charge is 2.45. The molecule has 2 amide bonds. The summed E-state index contributed by atoms with van der Waals surface area (Å²) in [6.45, 7) is 5.23. The van der Waals surface area contributed by atoms with Gasteiger partial charge in [0.1, 0.15) is 6.04 Å². The SMILES string of the molecule is CCC(CC)NC(=O)C(NC(C)=O)[C@@H]1CC(C(=O)O)C[C@@H]1N=C(N)N. The van der Waals surface area contributed by atoms with E-state index in [0.29, 0.717) is 0 Å². The average molecular weight is 355 g/mol. The number of carbonyl (C=O) groups excluding carboxylic acids is 2. The van der Waals surface area contributed by atoms with Crippen molar-refractivity contribution in [3.8, 4) is 0 Å². The smallest absolute Gasteiger partial charge is 0.306 e. The fraction of sp³-hybridized carbons (Fsp3) is 0.750. The molecule has 1 rings (SSSR count). The fourth-order valence-corrected chi connectivity index (χ4v) is 3.32. The molecule has 0 saturated heterocycles. The summed E-state index contributed by atoms with van der Waals surface area (Å²) in [4.78, 5) is 39.8. The largest absolute Gasteiger partial charge is 0.481 e. The minimum absolute atomic E-state index is 0.0121. The van der Waals surface area contributed by atoms with Gasteiger partial charge < -0.3 is 27.2 Å². The number of nitrogens with two attached hydrogens (primary N) is 2. The van der Waals surface area contributed by atoms with Crippen molar-refractivity contribution in [1.29, 1.82) is 0 Å². The van der Waals surface area contributed by atoms with E-state index < -0.39 is 29.9 Å². The van der Waals surface area contributed by atoms with E-state index in [9.17, 15) is 19.5 Å². The van der Waals surface area contributed by atoms with Crippen LogP contribution in [0.5, 0.6) is 0 Å². The van der Waals surface area contributed by atoms with Gasteiger partial charge in [-0.3, -0.25) is 14.4 Å². The van der Waals surface area contributed by atoms with E-state index in [0.717, 1.165) is 12.8 Å². The van der Waals surface area contributed by atoms with Crippen LogP contribution < -0.4 is 22.1 Å². The number of aliphatic imine (C=N–C) groups is 1. The maximum absolute atomic E-state index is 12.7. The van der Waals surface area contributed by atoms with E-state index in [1.807, 2.05) is 13.8 Å². The molecule has 0 heterocycles. The van der Waals surface area contributed by atoms with Crippen LogP contribution in [-0.2, 0) is 14.4 Å². The molecule has 0 aromatic rings. The minimum atomic E-state index is -0.958. The fourth-order valence-electron chi connectivity index (χ4n) is 3.32.